The van der Waals surface area contributed by atoms with Gasteiger partial charge in [-0.15, -0.1) is 0 Å². The van der Waals surface area contributed by atoms with Crippen molar-refractivity contribution in [2.75, 3.05) is 0 Å². The standard InChI is InChI=1S/C28H56O4Si4/c1-9-21(5)33(25-13-14-25)29-34(22(6)10-2,26-15-16-26)31-36(24(8)12-4,28-19-20-28)32-35(30-33,23(7)11-3)27-17-18-27/h21-28H,9-20H2,1-8H3. The molecule has 4 aliphatic carbocycles. The first-order chi connectivity index (χ1) is 17.2. The van der Waals surface area contributed by atoms with E-state index in [0.717, 1.165) is 25.7 Å². The van der Waals surface area contributed by atoms with Gasteiger partial charge in [-0.3, -0.25) is 0 Å². The topological polar surface area (TPSA) is 36.9 Å². The first kappa shape index (κ1) is 28.2. The summed E-state index contributed by atoms with van der Waals surface area (Å²) in [5.74, 6) is 0. The quantitative estimate of drug-likeness (QED) is 0.220. The third-order valence-electron chi connectivity index (χ3n) is 11.1. The first-order valence-corrected chi connectivity index (χ1v) is 23.9. The third kappa shape index (κ3) is 4.59. The van der Waals surface area contributed by atoms with Gasteiger partial charge in [-0.05, 0) is 73.5 Å². The Kier molecular flexibility index (Phi) is 8.06. The van der Waals surface area contributed by atoms with E-state index in [1.807, 2.05) is 0 Å². The molecule has 208 valence electrons. The second-order valence-electron chi connectivity index (χ2n) is 13.6. The molecule has 4 saturated carbocycles. The predicted molar refractivity (Wildman–Crippen MR) is 158 cm³/mol. The van der Waals surface area contributed by atoms with E-state index in [9.17, 15) is 0 Å². The lowest BCUT2D eigenvalue weighted by Gasteiger charge is -2.59. The molecule has 8 heteroatoms. The van der Waals surface area contributed by atoms with Gasteiger partial charge in [-0.1, -0.05) is 81.1 Å². The Balaban J connectivity index is 1.73. The average Bonchev–Trinajstić information content (AvgIpc) is 3.70. The summed E-state index contributed by atoms with van der Waals surface area (Å²) in [4.78, 5) is 0. The molecule has 5 rings (SSSR count). The molecule has 1 aliphatic heterocycles. The Labute approximate surface area is 227 Å². The van der Waals surface area contributed by atoms with Crippen LogP contribution in [0, 0.1) is 0 Å². The van der Waals surface area contributed by atoms with Crippen molar-refractivity contribution in [3.63, 3.8) is 0 Å². The van der Waals surface area contributed by atoms with E-state index < -0.39 is 34.2 Å². The Bertz CT molecular complexity index is 644. The summed E-state index contributed by atoms with van der Waals surface area (Å²) in [6.07, 6.45) is 15.1. The first-order valence-electron chi connectivity index (χ1n) is 16.0. The molecule has 0 aromatic carbocycles. The molecule has 4 unspecified atom stereocenters. The molecule has 4 atom stereocenters. The highest BCUT2D eigenvalue weighted by Crippen LogP contribution is 2.67. The molecule has 0 radical (unpaired) electrons. The van der Waals surface area contributed by atoms with Crippen LogP contribution < -0.4 is 0 Å². The van der Waals surface area contributed by atoms with Gasteiger partial charge in [0, 0.05) is 22.2 Å². The highest BCUT2D eigenvalue weighted by atomic mass is 28.5. The minimum absolute atomic E-state index is 0.514. The summed E-state index contributed by atoms with van der Waals surface area (Å²) >= 11 is 0. The molecule has 4 nitrogen and oxygen atoms in total. The van der Waals surface area contributed by atoms with Crippen LogP contribution in [0.2, 0.25) is 44.3 Å². The second kappa shape index (κ2) is 10.3. The maximum Gasteiger partial charge on any atom is 0.326 e. The third-order valence-corrected chi connectivity index (χ3v) is 35.3. The van der Waals surface area contributed by atoms with Crippen LogP contribution in [0.3, 0.4) is 0 Å². The fraction of sp³-hybridized carbons (Fsp3) is 1.00. The molecule has 0 aromatic heterocycles. The van der Waals surface area contributed by atoms with Gasteiger partial charge in [0.05, 0.1) is 0 Å². The van der Waals surface area contributed by atoms with Crippen LogP contribution >= 0.6 is 0 Å². The summed E-state index contributed by atoms with van der Waals surface area (Å²) < 4.78 is 32.4. The van der Waals surface area contributed by atoms with E-state index in [0.29, 0.717) is 44.3 Å². The number of hydrogen-bond acceptors (Lipinski definition) is 4. The van der Waals surface area contributed by atoms with Crippen molar-refractivity contribution in [3.8, 4) is 0 Å². The van der Waals surface area contributed by atoms with Gasteiger partial charge < -0.3 is 16.5 Å². The summed E-state index contributed by atoms with van der Waals surface area (Å²) in [5.41, 5.74) is 4.68. The van der Waals surface area contributed by atoms with E-state index in [-0.39, 0.29) is 0 Å². The average molecular weight is 569 g/mol. The number of hydrogen-bond donors (Lipinski definition) is 0. The maximum absolute atomic E-state index is 8.10. The highest BCUT2D eigenvalue weighted by molar-refractivity contribution is 6.98. The van der Waals surface area contributed by atoms with E-state index in [1.165, 1.54) is 51.4 Å². The predicted octanol–water partition coefficient (Wildman–Crippen LogP) is 9.69. The normalized spacial score (nSPS) is 43.3. The van der Waals surface area contributed by atoms with E-state index >= 15 is 0 Å². The molecular weight excluding hydrogens is 513 g/mol. The van der Waals surface area contributed by atoms with Gasteiger partial charge in [0.25, 0.3) is 0 Å². The molecule has 5 aliphatic rings. The van der Waals surface area contributed by atoms with Gasteiger partial charge in [0.15, 0.2) is 0 Å². The Morgan fingerprint density at radius 2 is 0.583 bits per heavy atom. The van der Waals surface area contributed by atoms with Crippen molar-refractivity contribution in [2.24, 2.45) is 0 Å². The lowest BCUT2D eigenvalue weighted by molar-refractivity contribution is 0.180. The molecule has 0 aromatic rings. The van der Waals surface area contributed by atoms with Gasteiger partial charge in [-0.2, -0.15) is 0 Å². The van der Waals surface area contributed by atoms with Gasteiger partial charge in [0.1, 0.15) is 0 Å². The molecule has 0 N–H and O–H groups in total. The molecule has 0 amide bonds. The van der Waals surface area contributed by atoms with Crippen LogP contribution in [0.1, 0.15) is 132 Å². The van der Waals surface area contributed by atoms with Crippen molar-refractivity contribution >= 4 is 34.2 Å². The van der Waals surface area contributed by atoms with Crippen molar-refractivity contribution in [1.82, 2.24) is 0 Å². The molecule has 0 spiro atoms. The Morgan fingerprint density at radius 1 is 0.417 bits per heavy atom. The fourth-order valence-corrected chi connectivity index (χ4v) is 38.5. The highest BCUT2D eigenvalue weighted by Gasteiger charge is 2.75. The lowest BCUT2D eigenvalue weighted by atomic mass is 10.4. The Hall–Kier alpha value is 0.708. The van der Waals surface area contributed by atoms with Crippen LogP contribution in [0.4, 0.5) is 0 Å². The second-order valence-corrected chi connectivity index (χ2v) is 29.9. The number of rotatable bonds is 12. The SMILES string of the molecule is CCC(C)[Si]1(C2CC2)O[Si](C(C)CC)(C2CC2)O[Si](C(C)CC)(C2CC2)O[Si](C(C)CC)(C2CC2)O1. The molecule has 1 heterocycles. The van der Waals surface area contributed by atoms with Crippen LogP contribution in [-0.2, 0) is 16.5 Å². The largest absolute Gasteiger partial charge is 0.415 e. The van der Waals surface area contributed by atoms with Crippen LogP contribution in [0.25, 0.3) is 0 Å². The minimum atomic E-state index is -2.54. The minimum Gasteiger partial charge on any atom is -0.415 e. The zero-order valence-electron chi connectivity index (χ0n) is 24.7. The maximum atomic E-state index is 8.10. The summed E-state index contributed by atoms with van der Waals surface area (Å²) in [5, 5.41) is 0. The van der Waals surface area contributed by atoms with Crippen LogP contribution in [0.5, 0.6) is 0 Å². The monoisotopic (exact) mass is 568 g/mol. The Morgan fingerprint density at radius 3 is 0.694 bits per heavy atom. The van der Waals surface area contributed by atoms with Crippen molar-refractivity contribution in [3.05, 3.63) is 0 Å². The van der Waals surface area contributed by atoms with Crippen LogP contribution in [0.15, 0.2) is 0 Å². The fourth-order valence-electron chi connectivity index (χ4n) is 7.24. The molecule has 36 heavy (non-hydrogen) atoms. The van der Waals surface area contributed by atoms with Gasteiger partial charge in [-0.25, -0.2) is 0 Å². The molecule has 0 bridgehead atoms. The zero-order valence-corrected chi connectivity index (χ0v) is 28.7. The molecule has 1 saturated heterocycles. The summed E-state index contributed by atoms with van der Waals surface area (Å²) in [6, 6.07) is 0. The van der Waals surface area contributed by atoms with Gasteiger partial charge >= 0.3 is 34.2 Å². The van der Waals surface area contributed by atoms with E-state index in [2.05, 4.69) is 55.4 Å². The van der Waals surface area contributed by atoms with Crippen molar-refractivity contribution in [2.45, 2.75) is 177 Å². The lowest BCUT2D eigenvalue weighted by Crippen LogP contribution is -2.74. The smallest absolute Gasteiger partial charge is 0.326 e. The molecular formula is C28H56O4Si4. The van der Waals surface area contributed by atoms with E-state index in [1.54, 1.807) is 0 Å². The summed E-state index contributed by atoms with van der Waals surface area (Å²) in [6.45, 7) is 19.5. The van der Waals surface area contributed by atoms with Crippen LogP contribution in [-0.4, -0.2) is 34.2 Å². The summed E-state index contributed by atoms with van der Waals surface area (Å²) in [7, 11) is -10.1. The van der Waals surface area contributed by atoms with Gasteiger partial charge in [0.2, 0.25) is 0 Å². The molecule has 5 fully saturated rings. The van der Waals surface area contributed by atoms with E-state index in [4.69, 9.17) is 16.5 Å². The van der Waals surface area contributed by atoms with Crippen molar-refractivity contribution in [1.29, 1.82) is 0 Å². The zero-order chi connectivity index (χ0) is 25.9. The van der Waals surface area contributed by atoms with Crippen molar-refractivity contribution < 1.29 is 16.5 Å².